The second kappa shape index (κ2) is 5.85. The summed E-state index contributed by atoms with van der Waals surface area (Å²) in [5.74, 6) is 0. The third-order valence-electron chi connectivity index (χ3n) is 4.48. The molecule has 136 valence electrons. The van der Waals surface area contributed by atoms with Gasteiger partial charge in [0.25, 0.3) is 0 Å². The molecule has 1 fully saturated rings. The van der Waals surface area contributed by atoms with Crippen molar-refractivity contribution in [1.82, 2.24) is 4.90 Å². The van der Waals surface area contributed by atoms with Crippen molar-refractivity contribution in [3.05, 3.63) is 42.0 Å². The second-order valence-corrected chi connectivity index (χ2v) is 9.67. The van der Waals surface area contributed by atoms with E-state index in [4.69, 9.17) is 4.74 Å². The normalized spacial score (nSPS) is 28.4. The molecular formula is C18H23NO5S. The molecule has 3 rings (SSSR count). The third-order valence-corrected chi connectivity index (χ3v) is 6.69. The molecule has 0 unspecified atom stereocenters. The highest BCUT2D eigenvalue weighted by atomic mass is 32.2. The predicted octanol–water partition coefficient (Wildman–Crippen LogP) is 2.06. The molecule has 0 spiro atoms. The van der Waals surface area contributed by atoms with Gasteiger partial charge in [-0.2, -0.15) is 0 Å². The van der Waals surface area contributed by atoms with E-state index in [-0.39, 0.29) is 4.90 Å². The number of sulfone groups is 1. The van der Waals surface area contributed by atoms with Crippen molar-refractivity contribution >= 4 is 15.9 Å². The largest absolute Gasteiger partial charge is 0.444 e. The number of hydrogen-bond acceptors (Lipinski definition) is 5. The minimum atomic E-state index is -3.80. The number of ether oxygens (including phenoxy) is 1. The molecule has 0 saturated carbocycles. The highest BCUT2D eigenvalue weighted by Gasteiger charge is 2.58. The Labute approximate surface area is 148 Å². The smallest absolute Gasteiger partial charge is 0.411 e. The molecule has 25 heavy (non-hydrogen) atoms. The molecule has 1 amide bonds. The van der Waals surface area contributed by atoms with E-state index in [9.17, 15) is 18.3 Å². The topological polar surface area (TPSA) is 83.9 Å². The van der Waals surface area contributed by atoms with Gasteiger partial charge in [-0.15, -0.1) is 0 Å². The number of benzene rings is 1. The van der Waals surface area contributed by atoms with Crippen LogP contribution in [0, 0.1) is 6.92 Å². The number of hydrogen-bond donors (Lipinski definition) is 1. The zero-order valence-corrected chi connectivity index (χ0v) is 15.5. The van der Waals surface area contributed by atoms with Gasteiger partial charge in [0.05, 0.1) is 23.1 Å². The van der Waals surface area contributed by atoms with E-state index in [2.05, 4.69) is 0 Å². The fourth-order valence-electron chi connectivity index (χ4n) is 3.36. The van der Waals surface area contributed by atoms with E-state index in [1.54, 1.807) is 45.1 Å². The molecule has 1 aromatic carbocycles. The van der Waals surface area contributed by atoms with E-state index >= 15 is 0 Å². The molecule has 2 heterocycles. The van der Waals surface area contributed by atoms with Crippen LogP contribution >= 0.6 is 0 Å². The van der Waals surface area contributed by atoms with E-state index in [1.165, 1.54) is 17.0 Å². The van der Waals surface area contributed by atoms with E-state index < -0.39 is 45.0 Å². The number of nitrogens with zero attached hydrogens (tertiary/aromatic N) is 1. The van der Waals surface area contributed by atoms with Crippen molar-refractivity contribution in [3.63, 3.8) is 0 Å². The van der Waals surface area contributed by atoms with Crippen LogP contribution < -0.4 is 0 Å². The Morgan fingerprint density at radius 3 is 2.24 bits per heavy atom. The zero-order chi connectivity index (χ0) is 18.6. The molecule has 1 saturated heterocycles. The van der Waals surface area contributed by atoms with Gasteiger partial charge in [-0.1, -0.05) is 29.8 Å². The highest BCUT2D eigenvalue weighted by Crippen LogP contribution is 2.39. The first-order valence-electron chi connectivity index (χ1n) is 8.21. The molecule has 2 aliphatic heterocycles. The molecule has 0 aliphatic carbocycles. The number of fused-ring (bicyclic) bond motifs is 2. The number of carbonyl (C=O) groups is 1. The standard InChI is InChI=1S/C18H23NO5S/c1-11-5-7-12(8-6-11)25(22,23)16-14-10-9-13(15(16)20)19(14)17(21)24-18(2,3)4/h5-10,13-16,20H,1-4H3/t13-,14+,15+,16-/m0/s1. The van der Waals surface area contributed by atoms with Gasteiger partial charge in [0.1, 0.15) is 10.9 Å². The fourth-order valence-corrected chi connectivity index (χ4v) is 5.31. The number of aliphatic hydroxyl groups is 1. The second-order valence-electron chi connectivity index (χ2n) is 7.57. The summed E-state index contributed by atoms with van der Waals surface area (Å²) >= 11 is 0. The van der Waals surface area contributed by atoms with Crippen molar-refractivity contribution in [3.8, 4) is 0 Å². The summed E-state index contributed by atoms with van der Waals surface area (Å²) in [6.07, 6.45) is 1.53. The maximum absolute atomic E-state index is 13.0. The van der Waals surface area contributed by atoms with Crippen LogP contribution in [0.3, 0.4) is 0 Å². The SMILES string of the molecule is Cc1ccc(S(=O)(=O)[C@@H]2[C@H](O)[C@@H]3C=C[C@H]2N3C(=O)OC(C)(C)C)cc1. The lowest BCUT2D eigenvalue weighted by molar-refractivity contribution is 0.0193. The number of aryl methyl sites for hydroxylation is 1. The van der Waals surface area contributed by atoms with Gasteiger partial charge in [0, 0.05) is 0 Å². The fraction of sp³-hybridized carbons (Fsp3) is 0.500. The Morgan fingerprint density at radius 1 is 1.12 bits per heavy atom. The van der Waals surface area contributed by atoms with Crippen molar-refractivity contribution < 1.29 is 23.1 Å². The Hall–Kier alpha value is -1.86. The number of carbonyl (C=O) groups excluding carboxylic acids is 1. The molecule has 2 bridgehead atoms. The van der Waals surface area contributed by atoms with Gasteiger partial charge in [0.2, 0.25) is 0 Å². The quantitative estimate of drug-likeness (QED) is 0.811. The summed E-state index contributed by atoms with van der Waals surface area (Å²) in [7, 11) is -3.80. The molecule has 6 nitrogen and oxygen atoms in total. The molecule has 0 radical (unpaired) electrons. The Morgan fingerprint density at radius 2 is 1.68 bits per heavy atom. The first-order valence-corrected chi connectivity index (χ1v) is 9.75. The molecule has 1 N–H and O–H groups in total. The van der Waals surface area contributed by atoms with Crippen molar-refractivity contribution in [2.75, 3.05) is 0 Å². The number of amides is 1. The van der Waals surface area contributed by atoms with Crippen LogP contribution in [-0.4, -0.2) is 53.6 Å². The average molecular weight is 365 g/mol. The van der Waals surface area contributed by atoms with Gasteiger partial charge in [-0.25, -0.2) is 13.2 Å². The van der Waals surface area contributed by atoms with Crippen molar-refractivity contribution in [1.29, 1.82) is 0 Å². The van der Waals surface area contributed by atoms with Gasteiger partial charge >= 0.3 is 6.09 Å². The summed E-state index contributed by atoms with van der Waals surface area (Å²) in [6.45, 7) is 7.10. The minimum Gasteiger partial charge on any atom is -0.444 e. The molecule has 7 heteroatoms. The van der Waals surface area contributed by atoms with Crippen LogP contribution in [0.1, 0.15) is 26.3 Å². The number of aliphatic hydroxyl groups excluding tert-OH is 1. The maximum Gasteiger partial charge on any atom is 0.411 e. The minimum absolute atomic E-state index is 0.146. The molecule has 0 aromatic heterocycles. The van der Waals surface area contributed by atoms with Crippen LogP contribution in [0.25, 0.3) is 0 Å². The average Bonchev–Trinajstić information content (AvgIpc) is 3.01. The lowest BCUT2D eigenvalue weighted by atomic mass is 10.0. The van der Waals surface area contributed by atoms with Gasteiger partial charge < -0.3 is 9.84 Å². The Kier molecular flexibility index (Phi) is 4.20. The van der Waals surface area contributed by atoms with E-state index in [1.807, 2.05) is 6.92 Å². The summed E-state index contributed by atoms with van der Waals surface area (Å²) in [5.41, 5.74) is 0.248. The highest BCUT2D eigenvalue weighted by molar-refractivity contribution is 7.92. The summed E-state index contributed by atoms with van der Waals surface area (Å²) in [4.78, 5) is 14.0. The molecule has 1 aromatic rings. The van der Waals surface area contributed by atoms with Gasteiger partial charge in [-0.3, -0.25) is 4.90 Å². The van der Waals surface area contributed by atoms with Crippen LogP contribution in [0.5, 0.6) is 0 Å². The number of rotatable bonds is 2. The zero-order valence-electron chi connectivity index (χ0n) is 14.7. The van der Waals surface area contributed by atoms with Crippen LogP contribution in [0.2, 0.25) is 0 Å². The van der Waals surface area contributed by atoms with Crippen LogP contribution in [0.4, 0.5) is 4.79 Å². The molecule has 2 aliphatic rings. The van der Waals surface area contributed by atoms with Crippen LogP contribution in [0.15, 0.2) is 41.3 Å². The molecular weight excluding hydrogens is 342 g/mol. The van der Waals surface area contributed by atoms with Gasteiger partial charge in [-0.05, 0) is 39.8 Å². The maximum atomic E-state index is 13.0. The van der Waals surface area contributed by atoms with Crippen LogP contribution in [-0.2, 0) is 14.6 Å². The predicted molar refractivity (Wildman–Crippen MR) is 92.9 cm³/mol. The Bertz CT molecular complexity index is 807. The summed E-state index contributed by atoms with van der Waals surface area (Å²) in [5, 5.41) is 9.47. The Balaban J connectivity index is 1.93. The first-order chi connectivity index (χ1) is 11.5. The molecule has 4 atom stereocenters. The van der Waals surface area contributed by atoms with E-state index in [0.717, 1.165) is 5.56 Å². The van der Waals surface area contributed by atoms with E-state index in [0.29, 0.717) is 0 Å². The third kappa shape index (κ3) is 3.06. The lowest BCUT2D eigenvalue weighted by Gasteiger charge is -2.27. The summed E-state index contributed by atoms with van der Waals surface area (Å²) < 4.78 is 31.4. The first kappa shape index (κ1) is 17.9. The lowest BCUT2D eigenvalue weighted by Crippen LogP contribution is -2.43. The monoisotopic (exact) mass is 365 g/mol. The van der Waals surface area contributed by atoms with Crippen molar-refractivity contribution in [2.24, 2.45) is 0 Å². The summed E-state index contributed by atoms with van der Waals surface area (Å²) in [6, 6.07) is 5.07. The van der Waals surface area contributed by atoms with Crippen molar-refractivity contribution in [2.45, 2.75) is 61.6 Å². The van der Waals surface area contributed by atoms with Gasteiger partial charge in [0.15, 0.2) is 9.84 Å².